The number of nitrogens with zero attached hydrogens (tertiary/aromatic N) is 5. The molecule has 122 valence electrons. The molecule has 7 heteroatoms. The Kier molecular flexibility index (Phi) is 3.45. The molecule has 2 aromatic heterocycles. The van der Waals surface area contributed by atoms with Gasteiger partial charge in [-0.05, 0) is 19.8 Å². The van der Waals surface area contributed by atoms with Crippen LogP contribution in [0.25, 0.3) is 0 Å². The zero-order chi connectivity index (χ0) is 16.0. The molecular weight excluding hydrogens is 292 g/mol. The molecular formula is C16H22N6O. The van der Waals surface area contributed by atoms with Gasteiger partial charge < -0.3 is 9.88 Å². The Morgan fingerprint density at radius 1 is 1.43 bits per heavy atom. The van der Waals surface area contributed by atoms with Crippen LogP contribution in [-0.4, -0.2) is 43.2 Å². The monoisotopic (exact) mass is 314 g/mol. The van der Waals surface area contributed by atoms with Crippen LogP contribution in [0, 0.1) is 6.92 Å². The fraction of sp³-hybridized carbons (Fsp3) is 0.562. The van der Waals surface area contributed by atoms with E-state index in [1.807, 2.05) is 26.4 Å². The van der Waals surface area contributed by atoms with E-state index in [-0.39, 0.29) is 5.91 Å². The number of aromatic nitrogens is 4. The number of rotatable bonds is 4. The zero-order valence-corrected chi connectivity index (χ0v) is 13.6. The van der Waals surface area contributed by atoms with Gasteiger partial charge in [0.1, 0.15) is 5.82 Å². The molecule has 0 atom stereocenters. The Hall–Kier alpha value is -2.15. The largest absolute Gasteiger partial charge is 0.331 e. The Bertz CT molecular complexity index is 742. The van der Waals surface area contributed by atoms with Crippen molar-refractivity contribution in [1.82, 2.24) is 24.2 Å². The van der Waals surface area contributed by atoms with Crippen LogP contribution < -0.4 is 5.32 Å². The molecule has 0 aromatic carbocycles. The summed E-state index contributed by atoms with van der Waals surface area (Å²) < 4.78 is 4.03. The van der Waals surface area contributed by atoms with Gasteiger partial charge in [-0.3, -0.25) is 14.4 Å². The molecule has 1 fully saturated rings. The smallest absolute Gasteiger partial charge is 0.239 e. The first-order chi connectivity index (χ1) is 11.1. The molecule has 2 aromatic rings. The molecule has 1 N–H and O–H groups in total. The summed E-state index contributed by atoms with van der Waals surface area (Å²) in [5.41, 5.74) is 3.40. The van der Waals surface area contributed by atoms with Crippen molar-refractivity contribution in [3.8, 4) is 0 Å². The minimum Gasteiger partial charge on any atom is -0.331 e. The average molecular weight is 314 g/mol. The van der Waals surface area contributed by atoms with E-state index in [0.29, 0.717) is 12.6 Å². The lowest BCUT2D eigenvalue weighted by Gasteiger charge is -2.26. The van der Waals surface area contributed by atoms with Crippen LogP contribution in [0.2, 0.25) is 0 Å². The summed E-state index contributed by atoms with van der Waals surface area (Å²) in [7, 11) is 1.83. The average Bonchev–Trinajstić information content (AvgIpc) is 3.18. The molecule has 23 heavy (non-hydrogen) atoms. The van der Waals surface area contributed by atoms with E-state index in [1.165, 1.54) is 18.5 Å². The highest BCUT2D eigenvalue weighted by atomic mass is 16.2. The van der Waals surface area contributed by atoms with Crippen LogP contribution in [-0.2, 0) is 24.8 Å². The minimum atomic E-state index is -0.00178. The highest BCUT2D eigenvalue weighted by Gasteiger charge is 2.29. The number of amides is 1. The van der Waals surface area contributed by atoms with E-state index in [9.17, 15) is 4.79 Å². The number of anilines is 1. The van der Waals surface area contributed by atoms with Gasteiger partial charge >= 0.3 is 0 Å². The topological polar surface area (TPSA) is 68.0 Å². The molecule has 0 bridgehead atoms. The van der Waals surface area contributed by atoms with Gasteiger partial charge in [0.15, 0.2) is 0 Å². The molecule has 0 spiro atoms. The molecule has 3 heterocycles. The molecule has 7 nitrogen and oxygen atoms in total. The molecule has 0 saturated heterocycles. The first-order valence-corrected chi connectivity index (χ1v) is 8.17. The van der Waals surface area contributed by atoms with Crippen LogP contribution in [0.4, 0.5) is 5.82 Å². The van der Waals surface area contributed by atoms with Gasteiger partial charge in [-0.25, -0.2) is 4.98 Å². The lowest BCUT2D eigenvalue weighted by molar-refractivity contribution is -0.117. The van der Waals surface area contributed by atoms with Gasteiger partial charge in [0, 0.05) is 44.4 Å². The molecule has 0 unspecified atom stereocenters. The van der Waals surface area contributed by atoms with Crippen LogP contribution in [0.3, 0.4) is 0 Å². The highest BCUT2D eigenvalue weighted by molar-refractivity contribution is 5.91. The van der Waals surface area contributed by atoms with Crippen molar-refractivity contribution in [1.29, 1.82) is 0 Å². The van der Waals surface area contributed by atoms with Crippen molar-refractivity contribution in [2.75, 3.05) is 18.4 Å². The SMILES string of the molecule is Cc1cc(NC(=O)CN2CCc3c(ncn3C3CC3)C2)n(C)n1. The van der Waals surface area contributed by atoms with E-state index < -0.39 is 0 Å². The van der Waals surface area contributed by atoms with Crippen molar-refractivity contribution in [2.45, 2.75) is 38.8 Å². The predicted octanol–water partition coefficient (Wildman–Crippen LogP) is 1.26. The Morgan fingerprint density at radius 3 is 2.96 bits per heavy atom. The van der Waals surface area contributed by atoms with Crippen LogP contribution in [0.5, 0.6) is 0 Å². The zero-order valence-electron chi connectivity index (χ0n) is 13.6. The first-order valence-electron chi connectivity index (χ1n) is 8.17. The summed E-state index contributed by atoms with van der Waals surface area (Å²) in [5, 5.41) is 7.17. The number of hydrogen-bond donors (Lipinski definition) is 1. The number of hydrogen-bond acceptors (Lipinski definition) is 4. The van der Waals surface area contributed by atoms with E-state index in [2.05, 4.69) is 24.9 Å². The summed E-state index contributed by atoms with van der Waals surface area (Å²) in [6, 6.07) is 2.55. The highest BCUT2D eigenvalue weighted by Crippen LogP contribution is 2.37. The maximum absolute atomic E-state index is 12.3. The molecule has 1 aliphatic heterocycles. The summed E-state index contributed by atoms with van der Waals surface area (Å²) in [6.07, 6.45) is 5.51. The van der Waals surface area contributed by atoms with E-state index in [0.717, 1.165) is 36.7 Å². The quantitative estimate of drug-likeness (QED) is 0.922. The molecule has 1 saturated carbocycles. The van der Waals surface area contributed by atoms with Gasteiger partial charge in [-0.1, -0.05) is 0 Å². The van der Waals surface area contributed by atoms with Gasteiger partial charge in [0.05, 0.1) is 24.3 Å². The van der Waals surface area contributed by atoms with E-state index in [1.54, 1.807) is 4.68 Å². The fourth-order valence-electron chi connectivity index (χ4n) is 3.30. The van der Waals surface area contributed by atoms with Crippen molar-refractivity contribution in [2.24, 2.45) is 7.05 Å². The molecule has 4 rings (SSSR count). The summed E-state index contributed by atoms with van der Waals surface area (Å²) >= 11 is 0. The number of nitrogens with one attached hydrogen (secondary N) is 1. The van der Waals surface area contributed by atoms with Crippen LogP contribution in [0.1, 0.15) is 36.0 Å². The lowest BCUT2D eigenvalue weighted by atomic mass is 10.1. The van der Waals surface area contributed by atoms with E-state index in [4.69, 9.17) is 0 Å². The maximum Gasteiger partial charge on any atom is 0.239 e. The Labute approximate surface area is 135 Å². The number of carbonyl (C=O) groups is 1. The van der Waals surface area contributed by atoms with Crippen molar-refractivity contribution in [3.05, 3.63) is 29.5 Å². The summed E-state index contributed by atoms with van der Waals surface area (Å²) in [6.45, 7) is 3.97. The standard InChI is InChI=1S/C16H22N6O/c1-11-7-15(20(2)19-11)18-16(23)9-21-6-5-14-13(8-21)17-10-22(14)12-3-4-12/h7,10,12H,3-6,8-9H2,1-2H3,(H,18,23). The fourth-order valence-corrected chi connectivity index (χ4v) is 3.30. The van der Waals surface area contributed by atoms with Gasteiger partial charge in [-0.15, -0.1) is 0 Å². The molecule has 1 amide bonds. The molecule has 2 aliphatic rings. The Balaban J connectivity index is 1.38. The van der Waals surface area contributed by atoms with Crippen molar-refractivity contribution < 1.29 is 4.79 Å². The molecule has 0 radical (unpaired) electrons. The minimum absolute atomic E-state index is 0.00178. The second-order valence-electron chi connectivity index (χ2n) is 6.58. The van der Waals surface area contributed by atoms with Gasteiger partial charge in [-0.2, -0.15) is 5.10 Å². The summed E-state index contributed by atoms with van der Waals surface area (Å²) in [5.74, 6) is 0.737. The van der Waals surface area contributed by atoms with Gasteiger partial charge in [0.2, 0.25) is 5.91 Å². The number of aryl methyl sites for hydroxylation is 2. The number of carbonyl (C=O) groups excluding carboxylic acids is 1. The Morgan fingerprint density at radius 2 is 2.26 bits per heavy atom. The second kappa shape index (κ2) is 5.49. The van der Waals surface area contributed by atoms with Crippen molar-refractivity contribution >= 4 is 11.7 Å². The lowest BCUT2D eigenvalue weighted by Crippen LogP contribution is -2.37. The van der Waals surface area contributed by atoms with Gasteiger partial charge in [0.25, 0.3) is 0 Å². The third-order valence-corrected chi connectivity index (χ3v) is 4.60. The normalized spacial score (nSPS) is 18.0. The predicted molar refractivity (Wildman–Crippen MR) is 86.1 cm³/mol. The third kappa shape index (κ3) is 2.88. The number of fused-ring (bicyclic) bond motifs is 1. The van der Waals surface area contributed by atoms with Crippen LogP contribution in [0.15, 0.2) is 12.4 Å². The van der Waals surface area contributed by atoms with Crippen LogP contribution >= 0.6 is 0 Å². The van der Waals surface area contributed by atoms with Crippen molar-refractivity contribution in [3.63, 3.8) is 0 Å². The maximum atomic E-state index is 12.3. The molecule has 1 aliphatic carbocycles. The van der Waals surface area contributed by atoms with E-state index >= 15 is 0 Å². The second-order valence-corrected chi connectivity index (χ2v) is 6.58. The first kappa shape index (κ1) is 14.4. The third-order valence-electron chi connectivity index (χ3n) is 4.60. The summed E-state index contributed by atoms with van der Waals surface area (Å²) in [4.78, 5) is 19.0. The number of imidazole rings is 1.